The lowest BCUT2D eigenvalue weighted by molar-refractivity contribution is 0.394. The first-order chi connectivity index (χ1) is 7.27. The minimum Gasteiger partial charge on any atom is -0.271 e. The Morgan fingerprint density at radius 2 is 2.33 bits per heavy atom. The highest BCUT2D eigenvalue weighted by Gasteiger charge is 2.13. The summed E-state index contributed by atoms with van der Waals surface area (Å²) in [7, 11) is 0. The van der Waals surface area contributed by atoms with Crippen LogP contribution >= 0.6 is 0 Å². The van der Waals surface area contributed by atoms with Crippen molar-refractivity contribution in [1.29, 1.82) is 0 Å². The van der Waals surface area contributed by atoms with Crippen molar-refractivity contribution in [2.24, 2.45) is 11.8 Å². The Labute approximate surface area is 92.1 Å². The third-order valence-electron chi connectivity index (χ3n) is 2.71. The van der Waals surface area contributed by atoms with Crippen molar-refractivity contribution in [3.05, 3.63) is 30.1 Å². The van der Waals surface area contributed by atoms with Gasteiger partial charge >= 0.3 is 0 Å². The van der Waals surface area contributed by atoms with Crippen molar-refractivity contribution in [2.45, 2.75) is 39.2 Å². The molecule has 1 aromatic rings. The zero-order chi connectivity index (χ0) is 11.1. The molecule has 0 saturated carbocycles. The monoisotopic (exact) mass is 207 g/mol. The van der Waals surface area contributed by atoms with Gasteiger partial charge in [0.05, 0.1) is 0 Å². The Morgan fingerprint density at radius 1 is 1.53 bits per heavy atom. The van der Waals surface area contributed by atoms with Crippen LogP contribution in [0.4, 0.5) is 0 Å². The molecule has 3 N–H and O–H groups in total. The lowest BCUT2D eigenvalue weighted by Gasteiger charge is -2.19. The molecular formula is C12H21N3. The van der Waals surface area contributed by atoms with E-state index >= 15 is 0 Å². The van der Waals surface area contributed by atoms with E-state index in [1.165, 1.54) is 18.4 Å². The topological polar surface area (TPSA) is 50.9 Å². The second-order valence-electron chi connectivity index (χ2n) is 4.14. The van der Waals surface area contributed by atoms with Crippen LogP contribution in [0.15, 0.2) is 24.5 Å². The van der Waals surface area contributed by atoms with Crippen molar-refractivity contribution in [3.8, 4) is 0 Å². The molecule has 2 atom stereocenters. The minimum atomic E-state index is 0.222. The minimum absolute atomic E-state index is 0.222. The number of nitrogens with one attached hydrogen (secondary N) is 1. The van der Waals surface area contributed by atoms with E-state index in [1.807, 2.05) is 12.3 Å². The highest BCUT2D eigenvalue weighted by atomic mass is 15.2. The summed E-state index contributed by atoms with van der Waals surface area (Å²) in [5.41, 5.74) is 4.04. The van der Waals surface area contributed by atoms with E-state index in [0.717, 1.165) is 6.42 Å². The molecule has 0 radical (unpaired) electrons. The van der Waals surface area contributed by atoms with Gasteiger partial charge in [-0.1, -0.05) is 32.8 Å². The van der Waals surface area contributed by atoms with Gasteiger partial charge in [0.1, 0.15) is 0 Å². The van der Waals surface area contributed by atoms with E-state index in [9.17, 15) is 0 Å². The van der Waals surface area contributed by atoms with Crippen LogP contribution in [0.1, 0.15) is 44.7 Å². The van der Waals surface area contributed by atoms with E-state index in [4.69, 9.17) is 5.84 Å². The number of nitrogens with zero attached hydrogens (tertiary/aromatic N) is 1. The van der Waals surface area contributed by atoms with Crippen molar-refractivity contribution in [2.75, 3.05) is 0 Å². The zero-order valence-electron chi connectivity index (χ0n) is 9.61. The lowest BCUT2D eigenvalue weighted by atomic mass is 9.94. The van der Waals surface area contributed by atoms with Crippen LogP contribution in [0.3, 0.4) is 0 Å². The third-order valence-corrected chi connectivity index (χ3v) is 2.71. The molecule has 2 unspecified atom stereocenters. The molecule has 15 heavy (non-hydrogen) atoms. The summed E-state index contributed by atoms with van der Waals surface area (Å²) in [6.45, 7) is 4.48. The third kappa shape index (κ3) is 3.98. The maximum absolute atomic E-state index is 5.57. The molecule has 3 heteroatoms. The lowest BCUT2D eigenvalue weighted by Crippen LogP contribution is -2.29. The van der Waals surface area contributed by atoms with E-state index in [-0.39, 0.29) is 6.04 Å². The normalized spacial score (nSPS) is 14.9. The van der Waals surface area contributed by atoms with E-state index in [1.54, 1.807) is 6.20 Å². The molecule has 0 aliphatic heterocycles. The van der Waals surface area contributed by atoms with E-state index in [2.05, 4.69) is 30.3 Å². The number of hydrogen-bond acceptors (Lipinski definition) is 3. The zero-order valence-corrected chi connectivity index (χ0v) is 9.61. The summed E-state index contributed by atoms with van der Waals surface area (Å²) in [5.74, 6) is 6.26. The van der Waals surface area contributed by atoms with Crippen molar-refractivity contribution in [1.82, 2.24) is 10.4 Å². The first-order valence-corrected chi connectivity index (χ1v) is 5.64. The summed E-state index contributed by atoms with van der Waals surface area (Å²) in [6.07, 6.45) is 7.20. The fourth-order valence-electron chi connectivity index (χ4n) is 1.90. The van der Waals surface area contributed by atoms with Gasteiger partial charge < -0.3 is 0 Å². The Kier molecular flexibility index (Phi) is 5.29. The summed E-state index contributed by atoms with van der Waals surface area (Å²) in [5, 5.41) is 0. The number of hydrazine groups is 1. The molecule has 84 valence electrons. The molecule has 1 aromatic heterocycles. The number of aromatic nitrogens is 1. The van der Waals surface area contributed by atoms with Gasteiger partial charge in [0, 0.05) is 18.4 Å². The second kappa shape index (κ2) is 6.53. The van der Waals surface area contributed by atoms with E-state index < -0.39 is 0 Å². The van der Waals surface area contributed by atoms with Gasteiger partial charge in [0.25, 0.3) is 0 Å². The van der Waals surface area contributed by atoms with Gasteiger partial charge in [-0.15, -0.1) is 0 Å². The van der Waals surface area contributed by atoms with Gasteiger partial charge in [-0.3, -0.25) is 16.3 Å². The Morgan fingerprint density at radius 3 is 2.87 bits per heavy atom. The summed E-state index contributed by atoms with van der Waals surface area (Å²) >= 11 is 0. The van der Waals surface area contributed by atoms with Crippen molar-refractivity contribution < 1.29 is 0 Å². The van der Waals surface area contributed by atoms with Gasteiger partial charge in [-0.05, 0) is 24.0 Å². The fraction of sp³-hybridized carbons (Fsp3) is 0.583. The van der Waals surface area contributed by atoms with Crippen LogP contribution in [-0.4, -0.2) is 4.98 Å². The summed E-state index contributed by atoms with van der Waals surface area (Å²) < 4.78 is 0. The van der Waals surface area contributed by atoms with Gasteiger partial charge in [-0.2, -0.15) is 0 Å². The largest absolute Gasteiger partial charge is 0.271 e. The highest BCUT2D eigenvalue weighted by molar-refractivity contribution is 5.13. The SMILES string of the molecule is CCCC(C)CC(NN)c1cccnc1. The van der Waals surface area contributed by atoms with Gasteiger partial charge in [0.2, 0.25) is 0 Å². The van der Waals surface area contributed by atoms with Crippen LogP contribution in [0.25, 0.3) is 0 Å². The first kappa shape index (κ1) is 12.1. The predicted octanol–water partition coefficient (Wildman–Crippen LogP) is 2.41. The quantitative estimate of drug-likeness (QED) is 0.556. The molecule has 0 spiro atoms. The highest BCUT2D eigenvalue weighted by Crippen LogP contribution is 2.22. The van der Waals surface area contributed by atoms with Crippen molar-refractivity contribution in [3.63, 3.8) is 0 Å². The van der Waals surface area contributed by atoms with Gasteiger partial charge in [0.15, 0.2) is 0 Å². The molecular weight excluding hydrogens is 186 g/mol. The first-order valence-electron chi connectivity index (χ1n) is 5.64. The number of nitrogens with two attached hydrogens (primary N) is 1. The van der Waals surface area contributed by atoms with Gasteiger partial charge in [-0.25, -0.2) is 0 Å². The Bertz CT molecular complexity index is 261. The molecule has 0 aliphatic rings. The van der Waals surface area contributed by atoms with Crippen LogP contribution in [-0.2, 0) is 0 Å². The maximum atomic E-state index is 5.57. The molecule has 0 aromatic carbocycles. The standard InChI is InChI=1S/C12H21N3/c1-3-5-10(2)8-12(15-13)11-6-4-7-14-9-11/h4,6-7,9-10,12,15H,3,5,8,13H2,1-2H3. The van der Waals surface area contributed by atoms with Crippen molar-refractivity contribution >= 4 is 0 Å². The van der Waals surface area contributed by atoms with Crippen LogP contribution < -0.4 is 11.3 Å². The Hall–Kier alpha value is -0.930. The Balaban J connectivity index is 2.56. The van der Waals surface area contributed by atoms with Crippen LogP contribution in [0.5, 0.6) is 0 Å². The molecule has 0 fully saturated rings. The molecule has 0 amide bonds. The van der Waals surface area contributed by atoms with E-state index in [0.29, 0.717) is 5.92 Å². The smallest absolute Gasteiger partial charge is 0.0477 e. The molecule has 0 bridgehead atoms. The second-order valence-corrected chi connectivity index (χ2v) is 4.14. The molecule has 1 rings (SSSR count). The fourth-order valence-corrected chi connectivity index (χ4v) is 1.90. The van der Waals surface area contributed by atoms with Crippen LogP contribution in [0, 0.1) is 5.92 Å². The van der Waals surface area contributed by atoms with Crippen LogP contribution in [0.2, 0.25) is 0 Å². The predicted molar refractivity (Wildman–Crippen MR) is 63.0 cm³/mol. The summed E-state index contributed by atoms with van der Waals surface area (Å²) in [6, 6.07) is 4.24. The maximum Gasteiger partial charge on any atom is 0.0477 e. The summed E-state index contributed by atoms with van der Waals surface area (Å²) in [4.78, 5) is 4.11. The molecule has 0 aliphatic carbocycles. The molecule has 1 heterocycles. The number of hydrogen-bond donors (Lipinski definition) is 2. The average Bonchev–Trinajstić information content (AvgIpc) is 2.27. The molecule has 0 saturated heterocycles. The molecule has 3 nitrogen and oxygen atoms in total. The number of rotatable bonds is 6. The average molecular weight is 207 g/mol. The number of pyridine rings is 1.